The number of benzene rings is 1. The van der Waals surface area contributed by atoms with Gasteiger partial charge in [-0.05, 0) is 25.5 Å². The van der Waals surface area contributed by atoms with Crippen molar-refractivity contribution in [3.8, 4) is 0 Å². The van der Waals surface area contributed by atoms with Gasteiger partial charge in [-0.25, -0.2) is 4.79 Å². The number of aryl methyl sites for hydroxylation is 1. The Balaban J connectivity index is 2.28. The minimum atomic E-state index is -1.07. The molecule has 0 spiro atoms. The second-order valence-electron chi connectivity index (χ2n) is 4.48. The highest BCUT2D eigenvalue weighted by Gasteiger charge is 2.38. The highest BCUT2D eigenvalue weighted by Crippen LogP contribution is 2.33. The first-order valence-electron chi connectivity index (χ1n) is 5.96. The molecule has 0 radical (unpaired) electrons. The number of nitrogens with zero attached hydrogens (tertiary/aromatic N) is 1. The third kappa shape index (κ3) is 2.91. The third-order valence-electron chi connectivity index (χ3n) is 2.94. The van der Waals surface area contributed by atoms with Crippen LogP contribution in [0.1, 0.15) is 18.1 Å². The number of hydrogen-bond donors (Lipinski definition) is 1. The van der Waals surface area contributed by atoms with E-state index in [4.69, 9.17) is 17.3 Å². The summed E-state index contributed by atoms with van der Waals surface area (Å²) in [6, 6.07) is 6.76. The van der Waals surface area contributed by atoms with Gasteiger partial charge in [0, 0.05) is 0 Å². The van der Waals surface area contributed by atoms with Crippen LogP contribution in [0.4, 0.5) is 0 Å². The first kappa shape index (κ1) is 14.7. The van der Waals surface area contributed by atoms with E-state index >= 15 is 0 Å². The standard InChI is InChI=1S/C14H13NO3S2/c1-8-3-5-10(6-4-8)7-11-12(16)15(14(19)20-11)9(2)13(17)18/h3-7,9H,1-2H3,(H,17,18)/b11-7+/t9-/m1/s1. The van der Waals surface area contributed by atoms with Crippen molar-refractivity contribution in [2.75, 3.05) is 0 Å². The van der Waals surface area contributed by atoms with Crippen LogP contribution >= 0.6 is 24.0 Å². The molecule has 104 valence electrons. The van der Waals surface area contributed by atoms with Crippen LogP contribution in [0.15, 0.2) is 29.2 Å². The van der Waals surface area contributed by atoms with Crippen molar-refractivity contribution in [1.29, 1.82) is 0 Å². The molecule has 0 saturated carbocycles. The van der Waals surface area contributed by atoms with Crippen LogP contribution in [-0.4, -0.2) is 32.2 Å². The first-order valence-corrected chi connectivity index (χ1v) is 7.19. The maximum Gasteiger partial charge on any atom is 0.326 e. The second-order valence-corrected chi connectivity index (χ2v) is 6.15. The molecule has 1 atom stereocenters. The number of rotatable bonds is 3. The topological polar surface area (TPSA) is 57.6 Å². The van der Waals surface area contributed by atoms with Crippen molar-refractivity contribution in [1.82, 2.24) is 4.90 Å². The van der Waals surface area contributed by atoms with Gasteiger partial charge in [-0.15, -0.1) is 0 Å². The zero-order chi connectivity index (χ0) is 14.9. The van der Waals surface area contributed by atoms with E-state index < -0.39 is 12.0 Å². The number of carboxylic acids is 1. The molecule has 0 aliphatic carbocycles. The summed E-state index contributed by atoms with van der Waals surface area (Å²) in [5.74, 6) is -1.42. The Morgan fingerprint density at radius 3 is 2.55 bits per heavy atom. The maximum atomic E-state index is 12.2. The SMILES string of the molecule is Cc1ccc(/C=C2/SC(=S)N([C@H](C)C(=O)O)C2=O)cc1. The van der Waals surface area contributed by atoms with Gasteiger partial charge < -0.3 is 5.11 Å². The fraction of sp³-hybridized carbons (Fsp3) is 0.214. The van der Waals surface area contributed by atoms with E-state index in [1.54, 1.807) is 6.08 Å². The average molecular weight is 307 g/mol. The average Bonchev–Trinajstić information content (AvgIpc) is 2.66. The second kappa shape index (κ2) is 5.76. The molecule has 1 N–H and O–H groups in total. The van der Waals surface area contributed by atoms with E-state index in [1.165, 1.54) is 6.92 Å². The van der Waals surface area contributed by atoms with E-state index in [2.05, 4.69) is 0 Å². The monoisotopic (exact) mass is 307 g/mol. The van der Waals surface area contributed by atoms with Gasteiger partial charge in [-0.1, -0.05) is 53.8 Å². The van der Waals surface area contributed by atoms with Gasteiger partial charge >= 0.3 is 5.97 Å². The number of carboxylic acid groups (broad SMARTS) is 1. The molecular formula is C14H13NO3S2. The smallest absolute Gasteiger partial charge is 0.326 e. The normalized spacial score (nSPS) is 18.7. The zero-order valence-electron chi connectivity index (χ0n) is 11.0. The molecule has 1 fully saturated rings. The highest BCUT2D eigenvalue weighted by molar-refractivity contribution is 8.26. The summed E-state index contributed by atoms with van der Waals surface area (Å²) >= 11 is 6.22. The molecule has 0 bridgehead atoms. The molecule has 1 aliphatic heterocycles. The summed E-state index contributed by atoms with van der Waals surface area (Å²) < 4.78 is 0.281. The fourth-order valence-electron chi connectivity index (χ4n) is 1.74. The van der Waals surface area contributed by atoms with Gasteiger partial charge in [-0.3, -0.25) is 9.69 Å². The molecule has 0 unspecified atom stereocenters. The molecule has 4 nitrogen and oxygen atoms in total. The molecule has 1 aromatic rings. The van der Waals surface area contributed by atoms with E-state index in [-0.39, 0.29) is 10.2 Å². The summed E-state index contributed by atoms with van der Waals surface area (Å²) in [6.45, 7) is 3.43. The summed E-state index contributed by atoms with van der Waals surface area (Å²) in [4.78, 5) is 24.8. The number of carbonyl (C=O) groups excluding carboxylic acids is 1. The minimum absolute atomic E-state index is 0.281. The maximum absolute atomic E-state index is 12.2. The van der Waals surface area contributed by atoms with Gasteiger partial charge in [0.15, 0.2) is 0 Å². The number of aliphatic carboxylic acids is 1. The predicted molar refractivity (Wildman–Crippen MR) is 83.3 cm³/mol. The number of hydrogen-bond acceptors (Lipinski definition) is 4. The Morgan fingerprint density at radius 1 is 1.40 bits per heavy atom. The number of amides is 1. The Kier molecular flexibility index (Phi) is 4.25. The van der Waals surface area contributed by atoms with Crippen molar-refractivity contribution in [3.63, 3.8) is 0 Å². The largest absolute Gasteiger partial charge is 0.480 e. The summed E-state index contributed by atoms with van der Waals surface area (Å²) in [6.07, 6.45) is 1.73. The van der Waals surface area contributed by atoms with Crippen LogP contribution in [0.2, 0.25) is 0 Å². The van der Waals surface area contributed by atoms with Gasteiger partial charge in [0.05, 0.1) is 4.91 Å². The van der Waals surface area contributed by atoms with Crippen LogP contribution in [0.5, 0.6) is 0 Å². The lowest BCUT2D eigenvalue weighted by molar-refractivity contribution is -0.144. The van der Waals surface area contributed by atoms with E-state index in [0.717, 1.165) is 27.8 Å². The molecule has 0 aromatic heterocycles. The predicted octanol–water partition coefficient (Wildman–Crippen LogP) is 2.67. The molecule has 6 heteroatoms. The van der Waals surface area contributed by atoms with Crippen molar-refractivity contribution in [2.45, 2.75) is 19.9 Å². The van der Waals surface area contributed by atoms with Crippen LogP contribution in [0.3, 0.4) is 0 Å². The number of thioether (sulfide) groups is 1. The lowest BCUT2D eigenvalue weighted by Crippen LogP contribution is -2.41. The van der Waals surface area contributed by atoms with Crippen LogP contribution in [-0.2, 0) is 9.59 Å². The van der Waals surface area contributed by atoms with Crippen LogP contribution in [0, 0.1) is 6.92 Å². The number of thiocarbonyl (C=S) groups is 1. The minimum Gasteiger partial charge on any atom is -0.480 e. The van der Waals surface area contributed by atoms with Crippen molar-refractivity contribution >= 4 is 46.3 Å². The Morgan fingerprint density at radius 2 is 2.00 bits per heavy atom. The summed E-state index contributed by atoms with van der Waals surface area (Å²) in [5.41, 5.74) is 2.02. The molecule has 1 amide bonds. The van der Waals surface area contributed by atoms with Gasteiger partial charge in [0.1, 0.15) is 10.4 Å². The third-order valence-corrected chi connectivity index (χ3v) is 4.27. The molecule has 1 heterocycles. The van der Waals surface area contributed by atoms with Gasteiger partial charge in [-0.2, -0.15) is 0 Å². The quantitative estimate of drug-likeness (QED) is 0.687. The Bertz CT molecular complexity index is 607. The summed E-state index contributed by atoms with van der Waals surface area (Å²) in [7, 11) is 0. The molecular weight excluding hydrogens is 294 g/mol. The lowest BCUT2D eigenvalue weighted by Gasteiger charge is -2.18. The van der Waals surface area contributed by atoms with Crippen molar-refractivity contribution < 1.29 is 14.7 Å². The van der Waals surface area contributed by atoms with Gasteiger partial charge in [0.2, 0.25) is 0 Å². The molecule has 2 rings (SSSR count). The first-order chi connectivity index (χ1) is 9.40. The fourth-order valence-corrected chi connectivity index (χ4v) is 3.16. The Hall–Kier alpha value is -1.66. The van der Waals surface area contributed by atoms with E-state index in [9.17, 15) is 9.59 Å². The van der Waals surface area contributed by atoms with E-state index in [1.807, 2.05) is 31.2 Å². The van der Waals surface area contributed by atoms with Crippen LogP contribution < -0.4 is 0 Å². The van der Waals surface area contributed by atoms with Crippen LogP contribution in [0.25, 0.3) is 6.08 Å². The zero-order valence-corrected chi connectivity index (χ0v) is 12.6. The molecule has 1 saturated heterocycles. The Labute approximate surface area is 126 Å². The molecule has 1 aliphatic rings. The van der Waals surface area contributed by atoms with Gasteiger partial charge in [0.25, 0.3) is 5.91 Å². The molecule has 1 aromatic carbocycles. The highest BCUT2D eigenvalue weighted by atomic mass is 32.2. The lowest BCUT2D eigenvalue weighted by atomic mass is 10.1. The van der Waals surface area contributed by atoms with E-state index in [0.29, 0.717) is 4.91 Å². The molecule has 20 heavy (non-hydrogen) atoms. The number of carbonyl (C=O) groups is 2. The van der Waals surface area contributed by atoms with Crippen molar-refractivity contribution in [3.05, 3.63) is 40.3 Å². The van der Waals surface area contributed by atoms with Crippen molar-refractivity contribution in [2.24, 2.45) is 0 Å². The summed E-state index contributed by atoms with van der Waals surface area (Å²) in [5, 5.41) is 9.00.